The Morgan fingerprint density at radius 3 is 2.32 bits per heavy atom. The summed E-state index contributed by atoms with van der Waals surface area (Å²) < 4.78 is 17.9. The quantitative estimate of drug-likeness (QED) is 0.367. The molecule has 1 unspecified atom stereocenters. The van der Waals surface area contributed by atoms with Crippen molar-refractivity contribution < 1.29 is 19.3 Å². The molecule has 3 aliphatic rings. The van der Waals surface area contributed by atoms with E-state index in [4.69, 9.17) is 9.47 Å². The summed E-state index contributed by atoms with van der Waals surface area (Å²) >= 11 is 0. The van der Waals surface area contributed by atoms with E-state index in [0.717, 1.165) is 54.7 Å². The molecule has 3 aromatic carbocycles. The van der Waals surface area contributed by atoms with Crippen LogP contribution in [-0.4, -0.2) is 41.3 Å². The van der Waals surface area contributed by atoms with Crippen LogP contribution in [0.3, 0.4) is 0 Å². The van der Waals surface area contributed by atoms with E-state index in [2.05, 4.69) is 52.6 Å². The number of amides is 1. The minimum atomic E-state index is -0.975. The van der Waals surface area contributed by atoms with Gasteiger partial charge in [0.15, 0.2) is 17.6 Å². The molecule has 5 aromatic rings. The first kappa shape index (κ1) is 21.6. The first-order chi connectivity index (χ1) is 17.8. The number of rotatable bonds is 2. The number of para-hydroxylation sites is 2. The summed E-state index contributed by atoms with van der Waals surface area (Å²) in [6.07, 6.45) is -0.0198. The number of ether oxygens (including phenoxy) is 2. The molecule has 0 spiro atoms. The van der Waals surface area contributed by atoms with Crippen molar-refractivity contribution in [1.29, 1.82) is 0 Å². The molecule has 0 aliphatic carbocycles. The number of nitrogens with one attached hydrogen (secondary N) is 2. The molecule has 8 nitrogen and oxygen atoms in total. The van der Waals surface area contributed by atoms with Gasteiger partial charge in [-0.1, -0.05) is 36.4 Å². The predicted octanol–water partition coefficient (Wildman–Crippen LogP) is 3.32. The molecule has 2 aromatic heterocycles. The summed E-state index contributed by atoms with van der Waals surface area (Å²) in [6, 6.07) is 16.1. The molecule has 3 aliphatic heterocycles. The summed E-state index contributed by atoms with van der Waals surface area (Å²) in [5, 5.41) is 20.5. The number of aromatic nitrogens is 2. The van der Waals surface area contributed by atoms with E-state index in [1.165, 1.54) is 0 Å². The lowest BCUT2D eigenvalue weighted by molar-refractivity contribution is -0.865. The molecule has 0 saturated carbocycles. The van der Waals surface area contributed by atoms with Crippen LogP contribution in [0.4, 0.5) is 0 Å². The molecule has 5 atom stereocenters. The summed E-state index contributed by atoms with van der Waals surface area (Å²) in [5.41, 5.74) is 3.95. The Morgan fingerprint density at radius 2 is 1.65 bits per heavy atom. The number of quaternary nitrogens is 1. The predicted molar refractivity (Wildman–Crippen MR) is 141 cm³/mol. The van der Waals surface area contributed by atoms with Gasteiger partial charge < -0.3 is 34.2 Å². The highest BCUT2D eigenvalue weighted by molar-refractivity contribution is 6.31. The number of benzene rings is 3. The number of methoxy groups -OCH3 is 1. The zero-order chi connectivity index (χ0) is 25.4. The van der Waals surface area contributed by atoms with Crippen LogP contribution in [0.2, 0.25) is 0 Å². The molecule has 8 heteroatoms. The molecular weight excluding hydrogens is 468 g/mol. The van der Waals surface area contributed by atoms with Crippen molar-refractivity contribution in [2.75, 3.05) is 14.2 Å². The fourth-order valence-corrected chi connectivity index (χ4v) is 7.88. The van der Waals surface area contributed by atoms with Gasteiger partial charge in [0.25, 0.3) is 5.91 Å². The Hall–Kier alpha value is -3.43. The Labute approximate surface area is 212 Å². The van der Waals surface area contributed by atoms with Crippen LogP contribution in [0.1, 0.15) is 36.2 Å². The van der Waals surface area contributed by atoms with Gasteiger partial charge in [-0.05, 0) is 31.5 Å². The average Bonchev–Trinajstić information content (AvgIpc) is 3.52. The highest BCUT2D eigenvalue weighted by atomic mass is 16.6. The van der Waals surface area contributed by atoms with Crippen LogP contribution in [0.5, 0.6) is 0 Å². The van der Waals surface area contributed by atoms with E-state index < -0.39 is 17.6 Å². The van der Waals surface area contributed by atoms with Crippen molar-refractivity contribution in [2.45, 2.75) is 50.4 Å². The Bertz CT molecular complexity index is 1830. The summed E-state index contributed by atoms with van der Waals surface area (Å²) in [6.45, 7) is 4.61. The van der Waals surface area contributed by atoms with E-state index >= 15 is 0 Å². The van der Waals surface area contributed by atoms with Crippen molar-refractivity contribution in [3.8, 4) is 0 Å². The summed E-state index contributed by atoms with van der Waals surface area (Å²) in [4.78, 5) is 13.4. The molecule has 188 valence electrons. The summed E-state index contributed by atoms with van der Waals surface area (Å²) in [7, 11) is 3.32. The zero-order valence-electron chi connectivity index (χ0n) is 21.2. The molecule has 0 radical (unpaired) electrons. The lowest BCUT2D eigenvalue weighted by Gasteiger charge is -2.53. The van der Waals surface area contributed by atoms with Crippen LogP contribution in [-0.2, 0) is 27.5 Å². The second-order valence-electron chi connectivity index (χ2n) is 11.1. The minimum absolute atomic E-state index is 0.0440. The third-order valence-corrected chi connectivity index (χ3v) is 9.09. The van der Waals surface area contributed by atoms with Gasteiger partial charge in [0, 0.05) is 35.2 Å². The van der Waals surface area contributed by atoms with Gasteiger partial charge in [0.1, 0.15) is 6.04 Å². The van der Waals surface area contributed by atoms with Gasteiger partial charge in [0.2, 0.25) is 0 Å². The second kappa shape index (κ2) is 6.71. The number of hydroxylamine groups is 2. The third kappa shape index (κ3) is 2.32. The first-order valence-electron chi connectivity index (χ1n) is 12.8. The van der Waals surface area contributed by atoms with Crippen molar-refractivity contribution >= 4 is 49.5 Å². The van der Waals surface area contributed by atoms with Crippen molar-refractivity contribution in [3.05, 3.63) is 64.9 Å². The number of carbonyl (C=O) groups is 1. The molecule has 1 saturated heterocycles. The van der Waals surface area contributed by atoms with E-state index in [1.807, 2.05) is 24.3 Å². The Balaban J connectivity index is 1.73. The molecule has 37 heavy (non-hydrogen) atoms. The van der Waals surface area contributed by atoms with Gasteiger partial charge in [-0.25, -0.2) is 0 Å². The van der Waals surface area contributed by atoms with E-state index in [0.29, 0.717) is 13.0 Å². The van der Waals surface area contributed by atoms with Crippen molar-refractivity contribution in [3.63, 3.8) is 0 Å². The fraction of sp³-hybridized carbons (Fsp3) is 0.345. The number of hydrogen-bond donors (Lipinski definition) is 2. The maximum absolute atomic E-state index is 13.4. The number of hydrogen-bond acceptors (Lipinski definition) is 4. The van der Waals surface area contributed by atoms with Gasteiger partial charge in [0.05, 0.1) is 41.1 Å². The highest BCUT2D eigenvalue weighted by Crippen LogP contribution is 2.55. The standard InChI is InChI=1S/C29H28N4O4/c1-28-13-20(31(3)35)26(36-4)29(2,37-28)33-19-12-8-5-9-15(19)21-17-14-30-27(34)23(17)22-16-10-6-7-11-18(16)32(28)25(22)24(21)33/h5-12,20,26,31H,13-14H2,1-4H3,(H,30,34)/t20-,26-,28-,29+/m0/s1. The smallest absolute Gasteiger partial charge is 0.252 e. The number of nitrogens with zero attached hydrogens (tertiary/aromatic N) is 2. The normalized spacial score (nSPS) is 29.4. The highest BCUT2D eigenvalue weighted by Gasteiger charge is 2.59. The molecule has 5 heterocycles. The van der Waals surface area contributed by atoms with Crippen LogP contribution in [0.25, 0.3) is 43.6 Å². The van der Waals surface area contributed by atoms with Crippen LogP contribution in [0, 0.1) is 5.21 Å². The lowest BCUT2D eigenvalue weighted by atomic mass is 9.88. The van der Waals surface area contributed by atoms with E-state index in [-0.39, 0.29) is 17.0 Å². The van der Waals surface area contributed by atoms with Crippen LogP contribution >= 0.6 is 0 Å². The largest absolute Gasteiger partial charge is 0.634 e. The maximum atomic E-state index is 13.4. The third-order valence-electron chi connectivity index (χ3n) is 9.09. The summed E-state index contributed by atoms with van der Waals surface area (Å²) in [5.74, 6) is -0.0440. The average molecular weight is 497 g/mol. The maximum Gasteiger partial charge on any atom is 0.252 e. The molecule has 8 rings (SSSR count). The van der Waals surface area contributed by atoms with Gasteiger partial charge in [-0.15, -0.1) is 0 Å². The fourth-order valence-electron chi connectivity index (χ4n) is 7.88. The number of likely N-dealkylation sites (N-methyl/N-ethyl adjacent to an activating group) is 1. The van der Waals surface area contributed by atoms with Crippen molar-refractivity contribution in [1.82, 2.24) is 14.5 Å². The van der Waals surface area contributed by atoms with Gasteiger partial charge >= 0.3 is 0 Å². The number of fused-ring (bicyclic) bond motifs is 13. The molecule has 1 amide bonds. The number of carbonyl (C=O) groups excluding carboxylic acids is 1. The van der Waals surface area contributed by atoms with Gasteiger partial charge in [-0.3, -0.25) is 4.79 Å². The monoisotopic (exact) mass is 496 g/mol. The van der Waals surface area contributed by atoms with E-state index in [1.54, 1.807) is 14.2 Å². The Morgan fingerprint density at radius 1 is 1.03 bits per heavy atom. The SMILES string of the molecule is CO[C@H]1[C@@H]([NH+](C)[O-])C[C@]2(C)O[C@@]1(C)n1c3ccccc3c3c4c(c5c6ccccc6n2c5c31)C(=O)NC4. The Kier molecular flexibility index (Phi) is 3.92. The van der Waals surface area contributed by atoms with Crippen LogP contribution in [0.15, 0.2) is 48.5 Å². The van der Waals surface area contributed by atoms with E-state index in [9.17, 15) is 10.0 Å². The lowest BCUT2D eigenvalue weighted by Crippen LogP contribution is -3.11. The second-order valence-corrected chi connectivity index (χ2v) is 11.1. The molecular formula is C29H28N4O4. The minimum Gasteiger partial charge on any atom is -0.634 e. The van der Waals surface area contributed by atoms with Crippen LogP contribution < -0.4 is 10.4 Å². The molecule has 2 N–H and O–H groups in total. The molecule has 1 fully saturated rings. The van der Waals surface area contributed by atoms with Gasteiger partial charge in [-0.2, -0.15) is 0 Å². The zero-order valence-corrected chi connectivity index (χ0v) is 21.2. The molecule has 2 bridgehead atoms. The first-order valence-corrected chi connectivity index (χ1v) is 12.8. The topological polar surface area (TPSA) is 84.9 Å². The van der Waals surface area contributed by atoms with Crippen molar-refractivity contribution in [2.24, 2.45) is 0 Å².